The van der Waals surface area contributed by atoms with Crippen molar-refractivity contribution in [2.75, 3.05) is 23.7 Å². The van der Waals surface area contributed by atoms with Crippen LogP contribution in [0.25, 0.3) is 39.6 Å². The average Bonchev–Trinajstić information content (AvgIpc) is 3.58. The number of likely N-dealkylation sites (tertiary alicyclic amines) is 1. The number of hydrogen-bond acceptors (Lipinski definition) is 13. The largest absolute Gasteiger partial charge is 0.367 e. The molecule has 2 N–H and O–H groups in total. The average molecular weight is 701 g/mol. The number of nitrogens with zero attached hydrogens (tertiary/aromatic N) is 12. The molecule has 8 rings (SSSR count). The van der Waals surface area contributed by atoms with Crippen molar-refractivity contribution in [2.45, 2.75) is 25.4 Å². The SMILES string of the molecule is N#Cc1nccc(Nc2ncccc2-c2nc3ccc(-c4ccc(F)cn4)nc3n2-c2ccc(CN3CCC(Nc4ccnc(C#N)n4)CC3)cc2)n1. The molecule has 0 amide bonds. The van der Waals surface area contributed by atoms with Gasteiger partial charge in [-0.1, -0.05) is 12.1 Å². The summed E-state index contributed by atoms with van der Waals surface area (Å²) in [5.41, 5.74) is 4.99. The minimum absolute atomic E-state index is 0.0318. The van der Waals surface area contributed by atoms with Crippen molar-refractivity contribution in [1.82, 2.24) is 49.3 Å². The van der Waals surface area contributed by atoms with E-state index in [4.69, 9.17) is 15.2 Å². The lowest BCUT2D eigenvalue weighted by Crippen LogP contribution is -2.38. The van der Waals surface area contributed by atoms with Crippen molar-refractivity contribution in [1.29, 1.82) is 10.5 Å². The molecular weight excluding hydrogens is 672 g/mol. The molecule has 15 heteroatoms. The van der Waals surface area contributed by atoms with E-state index in [2.05, 4.69) is 57.6 Å². The van der Waals surface area contributed by atoms with Crippen LogP contribution in [0.5, 0.6) is 0 Å². The zero-order chi connectivity index (χ0) is 36.1. The van der Waals surface area contributed by atoms with Crippen molar-refractivity contribution in [2.24, 2.45) is 0 Å². The number of nitriles is 2. The Hall–Kier alpha value is -7.23. The van der Waals surface area contributed by atoms with Gasteiger partial charge in [0.15, 0.2) is 11.5 Å². The van der Waals surface area contributed by atoms with Gasteiger partial charge in [0.1, 0.15) is 40.9 Å². The molecule has 1 aliphatic heterocycles. The molecule has 0 bridgehead atoms. The van der Waals surface area contributed by atoms with Crippen LogP contribution in [-0.2, 0) is 6.54 Å². The van der Waals surface area contributed by atoms with Gasteiger partial charge in [0.25, 0.3) is 0 Å². The number of imidazole rings is 1. The van der Waals surface area contributed by atoms with Crippen LogP contribution in [0.2, 0.25) is 0 Å². The molecule has 7 heterocycles. The fourth-order valence-electron chi connectivity index (χ4n) is 6.29. The van der Waals surface area contributed by atoms with E-state index in [0.717, 1.165) is 43.7 Å². The standard InChI is InChI=1S/C38H29FN14/c39-25-5-8-29(45-22-25)30-9-10-31-38(47-30)53(37(48-31)28-2-1-15-44-36(28)51-33-12-17-43-35(21-41)50-33)27-6-3-24(4-7-27)23-52-18-13-26(14-19-52)46-32-11-16-42-34(20-40)49-32/h1-12,15-17,22,26H,13-14,18-19,23H2,(H,42,46,49)(H,43,44,50,51). The quantitative estimate of drug-likeness (QED) is 0.184. The summed E-state index contributed by atoms with van der Waals surface area (Å²) in [6, 6.07) is 26.3. The molecule has 0 saturated carbocycles. The van der Waals surface area contributed by atoms with Gasteiger partial charge in [-0.05, 0) is 79.1 Å². The highest BCUT2D eigenvalue weighted by molar-refractivity contribution is 5.85. The Bertz CT molecular complexity index is 2500. The van der Waals surface area contributed by atoms with Crippen LogP contribution in [0.4, 0.5) is 21.8 Å². The van der Waals surface area contributed by atoms with Crippen molar-refractivity contribution in [3.63, 3.8) is 0 Å². The second kappa shape index (κ2) is 14.6. The number of piperidine rings is 1. The maximum atomic E-state index is 13.7. The van der Waals surface area contributed by atoms with Crippen molar-refractivity contribution >= 4 is 28.6 Å². The first-order chi connectivity index (χ1) is 26.0. The Morgan fingerprint density at radius 2 is 1.47 bits per heavy atom. The first kappa shape index (κ1) is 32.9. The van der Waals surface area contributed by atoms with Gasteiger partial charge in [-0.15, -0.1) is 0 Å². The van der Waals surface area contributed by atoms with Crippen molar-refractivity contribution in [3.05, 3.63) is 121 Å². The van der Waals surface area contributed by atoms with Crippen LogP contribution < -0.4 is 10.6 Å². The second-order valence-corrected chi connectivity index (χ2v) is 12.3. The summed E-state index contributed by atoms with van der Waals surface area (Å²) < 4.78 is 15.7. The predicted molar refractivity (Wildman–Crippen MR) is 194 cm³/mol. The molecule has 1 aliphatic rings. The molecule has 258 valence electrons. The number of anilines is 3. The Morgan fingerprint density at radius 1 is 0.736 bits per heavy atom. The van der Waals surface area contributed by atoms with Crippen LogP contribution >= 0.6 is 0 Å². The monoisotopic (exact) mass is 700 g/mol. The van der Waals surface area contributed by atoms with E-state index in [9.17, 15) is 9.65 Å². The number of halogens is 1. The van der Waals surface area contributed by atoms with Gasteiger partial charge in [-0.25, -0.2) is 39.3 Å². The fraction of sp³-hybridized carbons (Fsp3) is 0.158. The first-order valence-electron chi connectivity index (χ1n) is 16.8. The Labute approximate surface area is 302 Å². The molecular formula is C38H29FN14. The van der Waals surface area contributed by atoms with E-state index >= 15 is 0 Å². The first-order valence-corrected chi connectivity index (χ1v) is 16.8. The molecule has 0 aliphatic carbocycles. The van der Waals surface area contributed by atoms with E-state index in [-0.39, 0.29) is 17.7 Å². The highest BCUT2D eigenvalue weighted by Gasteiger charge is 2.22. The molecule has 6 aromatic heterocycles. The molecule has 0 unspecified atom stereocenters. The number of nitrogens with one attached hydrogen (secondary N) is 2. The van der Waals surface area contributed by atoms with E-state index in [1.165, 1.54) is 18.5 Å². The number of hydrogen-bond donors (Lipinski definition) is 2. The Morgan fingerprint density at radius 3 is 2.21 bits per heavy atom. The van der Waals surface area contributed by atoms with Crippen molar-refractivity contribution in [3.8, 4) is 40.6 Å². The van der Waals surface area contributed by atoms with Crippen LogP contribution in [-0.4, -0.2) is 68.5 Å². The molecule has 7 aromatic rings. The molecule has 0 spiro atoms. The van der Waals surface area contributed by atoms with E-state index in [1.807, 2.05) is 53.1 Å². The van der Waals surface area contributed by atoms with Crippen molar-refractivity contribution < 1.29 is 4.39 Å². The van der Waals surface area contributed by atoms with E-state index in [1.54, 1.807) is 30.6 Å². The van der Waals surface area contributed by atoms with Gasteiger partial charge in [0.05, 0.1) is 23.1 Å². The number of fused-ring (bicyclic) bond motifs is 1. The fourth-order valence-corrected chi connectivity index (χ4v) is 6.29. The molecule has 1 aromatic carbocycles. The normalized spacial score (nSPS) is 13.3. The summed E-state index contributed by atoms with van der Waals surface area (Å²) in [6.07, 6.45) is 7.82. The maximum absolute atomic E-state index is 13.7. The van der Waals surface area contributed by atoms with Crippen LogP contribution in [0.1, 0.15) is 30.1 Å². The molecule has 0 radical (unpaired) electrons. The predicted octanol–water partition coefficient (Wildman–Crippen LogP) is 5.83. The smallest absolute Gasteiger partial charge is 0.234 e. The summed E-state index contributed by atoms with van der Waals surface area (Å²) in [4.78, 5) is 37.7. The summed E-state index contributed by atoms with van der Waals surface area (Å²) in [5.74, 6) is 1.90. The van der Waals surface area contributed by atoms with Gasteiger partial charge in [-0.2, -0.15) is 10.5 Å². The molecule has 1 fully saturated rings. The number of benzene rings is 1. The second-order valence-electron chi connectivity index (χ2n) is 12.3. The minimum atomic E-state index is -0.428. The Balaban J connectivity index is 1.09. The van der Waals surface area contributed by atoms with Gasteiger partial charge >= 0.3 is 0 Å². The molecule has 1 saturated heterocycles. The van der Waals surface area contributed by atoms with E-state index < -0.39 is 5.82 Å². The van der Waals surface area contributed by atoms with Crippen LogP contribution in [0, 0.1) is 28.5 Å². The molecule has 53 heavy (non-hydrogen) atoms. The van der Waals surface area contributed by atoms with Crippen LogP contribution in [0.3, 0.4) is 0 Å². The highest BCUT2D eigenvalue weighted by Crippen LogP contribution is 2.33. The summed E-state index contributed by atoms with van der Waals surface area (Å²) >= 11 is 0. The maximum Gasteiger partial charge on any atom is 0.234 e. The lowest BCUT2D eigenvalue weighted by atomic mass is 10.0. The van der Waals surface area contributed by atoms with Gasteiger partial charge < -0.3 is 10.6 Å². The third-order valence-corrected chi connectivity index (χ3v) is 8.84. The topological polar surface area (TPSA) is 183 Å². The van der Waals surface area contributed by atoms with Gasteiger partial charge in [0.2, 0.25) is 11.6 Å². The third-order valence-electron chi connectivity index (χ3n) is 8.84. The third kappa shape index (κ3) is 7.18. The van der Waals surface area contributed by atoms with Crippen LogP contribution in [0.15, 0.2) is 97.6 Å². The van der Waals surface area contributed by atoms with E-state index in [0.29, 0.717) is 51.4 Å². The molecule has 0 atom stereocenters. The Kier molecular flexibility index (Phi) is 9.05. The summed E-state index contributed by atoms with van der Waals surface area (Å²) in [5, 5.41) is 25.1. The minimum Gasteiger partial charge on any atom is -0.367 e. The van der Waals surface area contributed by atoms with Gasteiger partial charge in [-0.3, -0.25) is 14.5 Å². The molecule has 14 nitrogen and oxygen atoms in total. The highest BCUT2D eigenvalue weighted by atomic mass is 19.1. The zero-order valence-corrected chi connectivity index (χ0v) is 28.1. The summed E-state index contributed by atoms with van der Waals surface area (Å²) in [7, 11) is 0. The lowest BCUT2D eigenvalue weighted by molar-refractivity contribution is 0.211. The number of rotatable bonds is 9. The zero-order valence-electron chi connectivity index (χ0n) is 28.1. The summed E-state index contributed by atoms with van der Waals surface area (Å²) in [6.45, 7) is 2.61. The lowest BCUT2D eigenvalue weighted by Gasteiger charge is -2.32. The number of aromatic nitrogens is 9. The number of pyridine rings is 3. The van der Waals surface area contributed by atoms with Gasteiger partial charge in [0, 0.05) is 50.0 Å².